The monoisotopic (exact) mass is 194 g/mol. The second-order valence-corrected chi connectivity index (χ2v) is 2.82. The average molecular weight is 194 g/mol. The Morgan fingerprint density at radius 1 is 1.43 bits per heavy atom. The van der Waals surface area contributed by atoms with Crippen LogP contribution in [-0.4, -0.2) is 17.0 Å². The van der Waals surface area contributed by atoms with Gasteiger partial charge in [-0.25, -0.2) is 4.79 Å². The number of benzene rings is 1. The van der Waals surface area contributed by atoms with Crippen molar-refractivity contribution in [3.8, 4) is 5.75 Å². The van der Waals surface area contributed by atoms with Crippen molar-refractivity contribution in [2.24, 2.45) is 5.73 Å². The van der Waals surface area contributed by atoms with Crippen molar-refractivity contribution >= 4 is 11.9 Å². The van der Waals surface area contributed by atoms with Crippen molar-refractivity contribution < 1.29 is 14.7 Å². The highest BCUT2D eigenvalue weighted by Crippen LogP contribution is 2.15. The van der Waals surface area contributed by atoms with Gasteiger partial charge in [0.1, 0.15) is 5.75 Å². The first-order valence-corrected chi connectivity index (χ1v) is 3.91. The third kappa shape index (κ3) is 2.22. The minimum absolute atomic E-state index is 0.0677. The van der Waals surface area contributed by atoms with E-state index in [0.717, 1.165) is 0 Å². The topological polar surface area (TPSA) is 92.4 Å². The fraction of sp³-hybridized carbons (Fsp3) is 0.111. The van der Waals surface area contributed by atoms with E-state index in [0.29, 0.717) is 11.1 Å². The molecule has 1 rings (SSSR count). The Hall–Kier alpha value is -2.04. The summed E-state index contributed by atoms with van der Waals surface area (Å²) >= 11 is 0. The van der Waals surface area contributed by atoms with Crippen molar-refractivity contribution in [3.05, 3.63) is 29.3 Å². The van der Waals surface area contributed by atoms with Gasteiger partial charge in [-0.2, -0.15) is 0 Å². The number of phenols is 1. The van der Waals surface area contributed by atoms with Gasteiger partial charge in [-0.1, -0.05) is 0 Å². The molecule has 0 aliphatic heterocycles. The van der Waals surface area contributed by atoms with Gasteiger partial charge in [0.25, 0.3) is 5.91 Å². The molecule has 0 aliphatic carbocycles. The zero-order chi connectivity index (χ0) is 10.7. The Morgan fingerprint density at radius 3 is 2.57 bits per heavy atom. The first-order valence-electron chi connectivity index (χ1n) is 3.91. The highest BCUT2D eigenvalue weighted by Gasteiger charge is 2.10. The van der Waals surface area contributed by atoms with Gasteiger partial charge >= 0.3 is 6.03 Å². The summed E-state index contributed by atoms with van der Waals surface area (Å²) in [4.78, 5) is 21.7. The molecule has 0 radical (unpaired) electrons. The van der Waals surface area contributed by atoms with Gasteiger partial charge in [-0.15, -0.1) is 0 Å². The molecule has 5 nitrogen and oxygen atoms in total. The lowest BCUT2D eigenvalue weighted by Gasteiger charge is -2.04. The van der Waals surface area contributed by atoms with Crippen LogP contribution in [0.1, 0.15) is 15.9 Å². The molecule has 0 saturated heterocycles. The van der Waals surface area contributed by atoms with Crippen LogP contribution in [0.4, 0.5) is 4.79 Å². The number of aryl methyl sites for hydroxylation is 1. The number of primary amides is 1. The van der Waals surface area contributed by atoms with Crippen LogP contribution < -0.4 is 11.1 Å². The van der Waals surface area contributed by atoms with Gasteiger partial charge in [-0.3, -0.25) is 10.1 Å². The summed E-state index contributed by atoms with van der Waals surface area (Å²) in [5.41, 5.74) is 5.67. The van der Waals surface area contributed by atoms with Gasteiger partial charge in [0.05, 0.1) is 0 Å². The normalized spacial score (nSPS) is 9.50. The van der Waals surface area contributed by atoms with Crippen LogP contribution in [0.2, 0.25) is 0 Å². The second-order valence-electron chi connectivity index (χ2n) is 2.82. The number of nitrogens with two attached hydrogens (primary N) is 1. The van der Waals surface area contributed by atoms with Gasteiger partial charge in [0.2, 0.25) is 0 Å². The lowest BCUT2D eigenvalue weighted by Crippen LogP contribution is -2.35. The molecule has 5 heteroatoms. The van der Waals surface area contributed by atoms with Crippen LogP contribution in [0.5, 0.6) is 5.75 Å². The van der Waals surface area contributed by atoms with Crippen molar-refractivity contribution in [1.29, 1.82) is 0 Å². The summed E-state index contributed by atoms with van der Waals surface area (Å²) in [6, 6.07) is 3.31. The Labute approximate surface area is 80.5 Å². The molecule has 3 amide bonds. The molecule has 0 saturated carbocycles. The number of hydrogen-bond acceptors (Lipinski definition) is 3. The summed E-state index contributed by atoms with van der Waals surface area (Å²) < 4.78 is 0. The van der Waals surface area contributed by atoms with E-state index in [4.69, 9.17) is 10.8 Å². The van der Waals surface area contributed by atoms with E-state index in [9.17, 15) is 9.59 Å². The second kappa shape index (κ2) is 3.78. The molecule has 74 valence electrons. The standard InChI is InChI=1S/C9H10N2O3/c1-5-4-6(12)2-3-7(5)8(13)11-9(10)14/h2-4,12H,1H3,(H3,10,11,13,14). The summed E-state index contributed by atoms with van der Waals surface area (Å²) in [5, 5.41) is 11.0. The van der Waals surface area contributed by atoms with Crippen LogP contribution in [-0.2, 0) is 0 Å². The molecule has 0 unspecified atom stereocenters. The highest BCUT2D eigenvalue weighted by atomic mass is 16.3. The van der Waals surface area contributed by atoms with E-state index in [2.05, 4.69) is 0 Å². The van der Waals surface area contributed by atoms with Gasteiger partial charge in [-0.05, 0) is 30.7 Å². The summed E-state index contributed by atoms with van der Waals surface area (Å²) in [6.45, 7) is 1.65. The fourth-order valence-electron chi connectivity index (χ4n) is 1.08. The van der Waals surface area contributed by atoms with Crippen molar-refractivity contribution in [2.75, 3.05) is 0 Å². The van der Waals surface area contributed by atoms with E-state index >= 15 is 0 Å². The Morgan fingerprint density at radius 2 is 2.07 bits per heavy atom. The number of amides is 3. The molecule has 14 heavy (non-hydrogen) atoms. The van der Waals surface area contributed by atoms with Crippen molar-refractivity contribution in [3.63, 3.8) is 0 Å². The Balaban J connectivity index is 2.96. The zero-order valence-electron chi connectivity index (χ0n) is 7.57. The number of rotatable bonds is 1. The van der Waals surface area contributed by atoms with E-state index in [1.165, 1.54) is 18.2 Å². The molecular formula is C9H10N2O3. The fourth-order valence-corrected chi connectivity index (χ4v) is 1.08. The number of carbonyl (C=O) groups is 2. The average Bonchev–Trinajstić information content (AvgIpc) is 2.01. The summed E-state index contributed by atoms with van der Waals surface area (Å²) in [6.07, 6.45) is 0. The minimum atomic E-state index is -0.900. The van der Waals surface area contributed by atoms with Crippen molar-refractivity contribution in [2.45, 2.75) is 6.92 Å². The molecule has 0 spiro atoms. The molecule has 0 atom stereocenters. The SMILES string of the molecule is Cc1cc(O)ccc1C(=O)NC(N)=O. The van der Waals surface area contributed by atoms with Crippen LogP contribution >= 0.6 is 0 Å². The summed E-state index contributed by atoms with van der Waals surface area (Å²) in [5.74, 6) is -0.506. The maximum atomic E-state index is 11.3. The third-order valence-corrected chi connectivity index (χ3v) is 1.69. The largest absolute Gasteiger partial charge is 0.508 e. The molecule has 1 aromatic carbocycles. The number of phenolic OH excluding ortho intramolecular Hbond substituents is 1. The smallest absolute Gasteiger partial charge is 0.319 e. The molecule has 0 heterocycles. The maximum Gasteiger partial charge on any atom is 0.319 e. The van der Waals surface area contributed by atoms with Crippen LogP contribution in [0.25, 0.3) is 0 Å². The zero-order valence-corrected chi connectivity index (χ0v) is 7.57. The van der Waals surface area contributed by atoms with Gasteiger partial charge in [0, 0.05) is 5.56 Å². The third-order valence-electron chi connectivity index (χ3n) is 1.69. The van der Waals surface area contributed by atoms with E-state index in [-0.39, 0.29) is 5.75 Å². The molecule has 0 fully saturated rings. The number of aromatic hydroxyl groups is 1. The van der Waals surface area contributed by atoms with Crippen LogP contribution in [0.15, 0.2) is 18.2 Å². The van der Waals surface area contributed by atoms with Gasteiger partial charge < -0.3 is 10.8 Å². The Kier molecular flexibility index (Phi) is 2.71. The number of hydrogen-bond donors (Lipinski definition) is 3. The number of nitrogens with one attached hydrogen (secondary N) is 1. The molecule has 0 bridgehead atoms. The van der Waals surface area contributed by atoms with Crippen LogP contribution in [0.3, 0.4) is 0 Å². The predicted octanol–water partition coefficient (Wildman–Crippen LogP) is 0.509. The molecular weight excluding hydrogens is 184 g/mol. The first kappa shape index (κ1) is 10.0. The van der Waals surface area contributed by atoms with E-state index in [1.54, 1.807) is 6.92 Å². The lowest BCUT2D eigenvalue weighted by molar-refractivity contribution is 0.0965. The van der Waals surface area contributed by atoms with E-state index < -0.39 is 11.9 Å². The predicted molar refractivity (Wildman–Crippen MR) is 49.9 cm³/mol. The first-order chi connectivity index (χ1) is 6.50. The minimum Gasteiger partial charge on any atom is -0.508 e. The molecule has 0 aliphatic rings. The number of imide groups is 1. The lowest BCUT2D eigenvalue weighted by atomic mass is 10.1. The number of urea groups is 1. The Bertz CT molecular complexity index is 388. The molecule has 4 N–H and O–H groups in total. The van der Waals surface area contributed by atoms with Crippen LogP contribution in [0, 0.1) is 6.92 Å². The summed E-state index contributed by atoms with van der Waals surface area (Å²) in [7, 11) is 0. The van der Waals surface area contributed by atoms with Gasteiger partial charge in [0.15, 0.2) is 0 Å². The van der Waals surface area contributed by atoms with E-state index in [1.807, 2.05) is 5.32 Å². The highest BCUT2D eigenvalue weighted by molar-refractivity contribution is 6.04. The maximum absolute atomic E-state index is 11.3. The van der Waals surface area contributed by atoms with Crippen molar-refractivity contribution in [1.82, 2.24) is 5.32 Å². The molecule has 1 aromatic rings. The molecule has 0 aromatic heterocycles. The number of carbonyl (C=O) groups excluding carboxylic acids is 2. The quantitative estimate of drug-likeness (QED) is 0.608.